The summed E-state index contributed by atoms with van der Waals surface area (Å²) in [5, 5.41) is 17.6. The highest BCUT2D eigenvalue weighted by Gasteiger charge is 2.29. The number of nitrogens with zero attached hydrogens (tertiary/aromatic N) is 2. The van der Waals surface area contributed by atoms with Gasteiger partial charge in [-0.3, -0.25) is 20.2 Å². The molecule has 0 saturated heterocycles. The maximum Gasteiger partial charge on any atom is 0.411 e. The zero-order chi connectivity index (χ0) is 30.6. The number of anilines is 2. The second-order valence-corrected chi connectivity index (χ2v) is 11.4. The van der Waals surface area contributed by atoms with Gasteiger partial charge in [0.05, 0.1) is 14.8 Å². The largest absolute Gasteiger partial charge is 0.448 e. The van der Waals surface area contributed by atoms with Gasteiger partial charge in [0.2, 0.25) is 0 Å². The quantitative estimate of drug-likeness (QED) is 0.131. The van der Waals surface area contributed by atoms with Gasteiger partial charge in [0.25, 0.3) is 11.6 Å². The molecule has 2 N–H and O–H groups in total. The highest BCUT2D eigenvalue weighted by atomic mass is 35.5. The molecule has 44 heavy (non-hydrogen) atoms. The van der Waals surface area contributed by atoms with E-state index in [2.05, 4.69) is 39.9 Å². The van der Waals surface area contributed by atoms with Crippen molar-refractivity contribution in [3.05, 3.63) is 141 Å². The molecule has 0 bridgehead atoms. The third-order valence-electron chi connectivity index (χ3n) is 7.06. The van der Waals surface area contributed by atoms with Gasteiger partial charge >= 0.3 is 6.09 Å². The highest BCUT2D eigenvalue weighted by Crippen LogP contribution is 2.44. The van der Waals surface area contributed by atoms with E-state index >= 15 is 0 Å². The van der Waals surface area contributed by atoms with Crippen LogP contribution in [0, 0.1) is 10.1 Å². The predicted molar refractivity (Wildman–Crippen MR) is 170 cm³/mol. The molecule has 6 rings (SSSR count). The fourth-order valence-corrected chi connectivity index (χ4v) is 6.02. The van der Waals surface area contributed by atoms with Crippen molar-refractivity contribution in [1.82, 2.24) is 4.98 Å². The molecule has 4 aromatic carbocycles. The van der Waals surface area contributed by atoms with E-state index in [9.17, 15) is 19.7 Å². The number of halogens is 1. The van der Waals surface area contributed by atoms with Gasteiger partial charge < -0.3 is 10.1 Å². The normalized spacial score (nSPS) is 11.8. The number of carbonyl (C=O) groups is 2. The highest BCUT2D eigenvalue weighted by molar-refractivity contribution is 7.99. The third kappa shape index (κ3) is 6.26. The Kier molecular flexibility index (Phi) is 8.27. The number of aromatic nitrogens is 1. The number of fused-ring (bicyclic) bond motifs is 3. The smallest absolute Gasteiger partial charge is 0.411 e. The minimum Gasteiger partial charge on any atom is -0.448 e. The summed E-state index contributed by atoms with van der Waals surface area (Å²) in [4.78, 5) is 41.6. The predicted octanol–water partition coefficient (Wildman–Crippen LogP) is 8.41. The van der Waals surface area contributed by atoms with Gasteiger partial charge in [-0.05, 0) is 70.8 Å². The van der Waals surface area contributed by atoms with Crippen molar-refractivity contribution in [2.75, 3.05) is 17.2 Å². The molecule has 9 nitrogen and oxygen atoms in total. The number of amides is 2. The SMILES string of the molecule is O=C(Nc1ccc(Sc2ccc(C(=O)Nc3ccc(Cl)cn3)cc2[N+](=O)[O-])cc1)OCC1c2ccccc2-c2ccccc21. The van der Waals surface area contributed by atoms with Gasteiger partial charge in [0, 0.05) is 34.3 Å². The zero-order valence-corrected chi connectivity index (χ0v) is 24.5. The Morgan fingerprint density at radius 2 is 1.57 bits per heavy atom. The van der Waals surface area contributed by atoms with Crippen LogP contribution in [-0.2, 0) is 4.74 Å². The first kappa shape index (κ1) is 28.9. The second-order valence-electron chi connectivity index (χ2n) is 9.83. The standard InChI is InChI=1S/C33H23ClN4O5S/c34-21-10-16-31(35-18-21)37-32(39)20-9-15-30(29(17-20)38(41)42)44-23-13-11-22(12-14-23)36-33(40)43-19-28-26-7-3-1-5-24(26)25-6-2-4-8-27(25)28/h1-18,28H,19H2,(H,36,40)(H,35,37,39). The Labute approximate surface area is 261 Å². The van der Waals surface area contributed by atoms with Crippen LogP contribution in [0.1, 0.15) is 27.4 Å². The zero-order valence-electron chi connectivity index (χ0n) is 22.9. The van der Waals surface area contributed by atoms with E-state index in [1.54, 1.807) is 30.3 Å². The molecule has 1 aliphatic carbocycles. The maximum absolute atomic E-state index is 12.6. The van der Waals surface area contributed by atoms with E-state index in [1.807, 2.05) is 24.3 Å². The Balaban J connectivity index is 1.08. The van der Waals surface area contributed by atoms with E-state index in [0.717, 1.165) is 22.3 Å². The van der Waals surface area contributed by atoms with Crippen molar-refractivity contribution in [3.63, 3.8) is 0 Å². The van der Waals surface area contributed by atoms with Crippen LogP contribution in [0.25, 0.3) is 11.1 Å². The van der Waals surface area contributed by atoms with Gasteiger partial charge in [-0.2, -0.15) is 0 Å². The monoisotopic (exact) mass is 622 g/mol. The number of benzene rings is 4. The lowest BCUT2D eigenvalue weighted by atomic mass is 9.98. The van der Waals surface area contributed by atoms with Gasteiger partial charge in [0.1, 0.15) is 12.4 Å². The molecule has 0 unspecified atom stereocenters. The molecule has 5 aromatic rings. The van der Waals surface area contributed by atoms with Crippen LogP contribution >= 0.6 is 23.4 Å². The maximum atomic E-state index is 12.6. The minimum atomic E-state index is -0.578. The molecule has 1 aromatic heterocycles. The first-order valence-corrected chi connectivity index (χ1v) is 14.7. The van der Waals surface area contributed by atoms with E-state index < -0.39 is 16.9 Å². The number of carbonyl (C=O) groups excluding carboxylic acids is 2. The molecule has 218 valence electrons. The van der Waals surface area contributed by atoms with Crippen LogP contribution in [0.15, 0.2) is 119 Å². The number of rotatable bonds is 8. The van der Waals surface area contributed by atoms with Crippen molar-refractivity contribution in [2.45, 2.75) is 15.7 Å². The van der Waals surface area contributed by atoms with Crippen LogP contribution in [0.4, 0.5) is 22.0 Å². The first-order valence-electron chi connectivity index (χ1n) is 13.5. The summed E-state index contributed by atoms with van der Waals surface area (Å²) in [5.74, 6) is -0.315. The summed E-state index contributed by atoms with van der Waals surface area (Å²) in [6.07, 6.45) is 0.809. The number of nitro groups is 1. The van der Waals surface area contributed by atoms with E-state index in [-0.39, 0.29) is 29.6 Å². The average Bonchev–Trinajstić information content (AvgIpc) is 3.35. The fraction of sp³-hybridized carbons (Fsp3) is 0.0606. The molecule has 2 amide bonds. The number of nitrogens with one attached hydrogen (secondary N) is 2. The molecule has 0 aliphatic heterocycles. The van der Waals surface area contributed by atoms with Crippen molar-refractivity contribution in [2.24, 2.45) is 0 Å². The van der Waals surface area contributed by atoms with Gasteiger partial charge in [-0.15, -0.1) is 0 Å². The number of nitro benzene ring substituents is 1. The van der Waals surface area contributed by atoms with Crippen molar-refractivity contribution < 1.29 is 19.2 Å². The molecular weight excluding hydrogens is 600 g/mol. The first-order chi connectivity index (χ1) is 21.4. The van der Waals surface area contributed by atoms with Gasteiger partial charge in [-0.25, -0.2) is 9.78 Å². The summed E-state index contributed by atoms with van der Waals surface area (Å²) in [6.45, 7) is 0.196. The third-order valence-corrected chi connectivity index (χ3v) is 8.36. The van der Waals surface area contributed by atoms with Gasteiger partial charge in [-0.1, -0.05) is 71.9 Å². The van der Waals surface area contributed by atoms with Crippen molar-refractivity contribution >= 4 is 52.6 Å². The van der Waals surface area contributed by atoms with Crippen molar-refractivity contribution in [1.29, 1.82) is 0 Å². The van der Waals surface area contributed by atoms with Crippen LogP contribution < -0.4 is 10.6 Å². The Morgan fingerprint density at radius 1 is 0.886 bits per heavy atom. The van der Waals surface area contributed by atoms with Crippen LogP contribution in [0.2, 0.25) is 5.02 Å². The summed E-state index contributed by atoms with van der Waals surface area (Å²) < 4.78 is 5.61. The van der Waals surface area contributed by atoms with Crippen LogP contribution in [0.5, 0.6) is 0 Å². The molecule has 0 atom stereocenters. The molecule has 0 fully saturated rings. The molecular formula is C33H23ClN4O5S. The average molecular weight is 623 g/mol. The fourth-order valence-electron chi connectivity index (χ4n) is 5.01. The Bertz CT molecular complexity index is 1840. The minimum absolute atomic E-state index is 0.0470. The Hall–Kier alpha value is -5.19. The lowest BCUT2D eigenvalue weighted by Gasteiger charge is -2.14. The van der Waals surface area contributed by atoms with Crippen molar-refractivity contribution in [3.8, 4) is 11.1 Å². The second kappa shape index (κ2) is 12.6. The van der Waals surface area contributed by atoms with Crippen LogP contribution in [0.3, 0.4) is 0 Å². The van der Waals surface area contributed by atoms with E-state index in [4.69, 9.17) is 16.3 Å². The number of ether oxygens (including phenoxy) is 1. The summed E-state index contributed by atoms with van der Waals surface area (Å²) in [5.41, 5.74) is 4.97. The summed E-state index contributed by atoms with van der Waals surface area (Å²) in [6, 6.07) is 30.5. The molecule has 1 heterocycles. The molecule has 0 saturated carbocycles. The number of hydrogen-bond acceptors (Lipinski definition) is 7. The molecule has 0 spiro atoms. The van der Waals surface area contributed by atoms with Gasteiger partial charge in [0.15, 0.2) is 0 Å². The summed E-state index contributed by atoms with van der Waals surface area (Å²) in [7, 11) is 0. The molecule has 1 aliphatic rings. The number of pyridine rings is 1. The van der Waals surface area contributed by atoms with E-state index in [0.29, 0.717) is 20.5 Å². The lowest BCUT2D eigenvalue weighted by Crippen LogP contribution is -2.17. The van der Waals surface area contributed by atoms with E-state index in [1.165, 1.54) is 42.2 Å². The topological polar surface area (TPSA) is 123 Å². The Morgan fingerprint density at radius 3 is 2.20 bits per heavy atom. The van der Waals surface area contributed by atoms with Crippen LogP contribution in [-0.4, -0.2) is 28.5 Å². The number of hydrogen-bond donors (Lipinski definition) is 2. The molecule has 11 heteroatoms. The molecule has 0 radical (unpaired) electrons. The summed E-state index contributed by atoms with van der Waals surface area (Å²) >= 11 is 6.99. The lowest BCUT2D eigenvalue weighted by molar-refractivity contribution is -0.387.